The number of fused-ring (bicyclic) bond motifs is 1. The molecular formula is C15H10F3N3OS2. The van der Waals surface area contributed by atoms with E-state index >= 15 is 0 Å². The van der Waals surface area contributed by atoms with E-state index in [1.165, 1.54) is 12.1 Å². The van der Waals surface area contributed by atoms with Crippen LogP contribution in [0.5, 0.6) is 0 Å². The monoisotopic (exact) mass is 369 g/mol. The molecule has 2 aromatic carbocycles. The lowest BCUT2D eigenvalue weighted by atomic mass is 10.2. The summed E-state index contributed by atoms with van der Waals surface area (Å²) in [6.07, 6.45) is -4.40. The fourth-order valence-corrected chi connectivity index (χ4v) is 3.31. The van der Waals surface area contributed by atoms with Crippen molar-refractivity contribution in [3.8, 4) is 0 Å². The van der Waals surface area contributed by atoms with Crippen molar-refractivity contribution >= 4 is 46.1 Å². The summed E-state index contributed by atoms with van der Waals surface area (Å²) < 4.78 is 46.2. The SMILES string of the molecule is O=C(CSc1cccc(C(F)(F)F)c1)Nc1cccc2nsnc12. The van der Waals surface area contributed by atoms with E-state index in [0.29, 0.717) is 21.6 Å². The third kappa shape index (κ3) is 3.85. The van der Waals surface area contributed by atoms with E-state index in [1.807, 2.05) is 0 Å². The standard InChI is InChI=1S/C15H10F3N3OS2/c16-15(17,18)9-3-1-4-10(7-9)23-8-13(22)19-11-5-2-6-12-14(11)21-24-20-12/h1-7H,8H2,(H,19,22). The molecule has 0 fully saturated rings. The topological polar surface area (TPSA) is 54.9 Å². The van der Waals surface area contributed by atoms with Gasteiger partial charge in [-0.05, 0) is 30.3 Å². The Balaban J connectivity index is 1.65. The molecule has 1 amide bonds. The van der Waals surface area contributed by atoms with E-state index in [-0.39, 0.29) is 11.7 Å². The van der Waals surface area contributed by atoms with Gasteiger partial charge in [-0.1, -0.05) is 12.1 Å². The first-order chi connectivity index (χ1) is 11.4. The van der Waals surface area contributed by atoms with Crippen LogP contribution in [-0.4, -0.2) is 20.4 Å². The number of halogens is 3. The molecule has 0 saturated heterocycles. The van der Waals surface area contributed by atoms with E-state index in [9.17, 15) is 18.0 Å². The van der Waals surface area contributed by atoms with Crippen molar-refractivity contribution < 1.29 is 18.0 Å². The van der Waals surface area contributed by atoms with Crippen molar-refractivity contribution in [2.45, 2.75) is 11.1 Å². The molecule has 1 heterocycles. The van der Waals surface area contributed by atoms with Crippen LogP contribution >= 0.6 is 23.5 Å². The van der Waals surface area contributed by atoms with Gasteiger partial charge in [0.2, 0.25) is 5.91 Å². The van der Waals surface area contributed by atoms with Crippen LogP contribution in [0, 0.1) is 0 Å². The average molecular weight is 369 g/mol. The first-order valence-electron chi connectivity index (χ1n) is 6.75. The molecule has 24 heavy (non-hydrogen) atoms. The predicted octanol–water partition coefficient (Wildman–Crippen LogP) is 4.44. The molecule has 0 spiro atoms. The molecule has 3 aromatic rings. The maximum atomic E-state index is 12.7. The van der Waals surface area contributed by atoms with Gasteiger partial charge in [0.1, 0.15) is 11.0 Å². The number of aromatic nitrogens is 2. The van der Waals surface area contributed by atoms with E-state index in [0.717, 1.165) is 35.6 Å². The normalized spacial score (nSPS) is 11.6. The van der Waals surface area contributed by atoms with Gasteiger partial charge in [-0.25, -0.2) is 0 Å². The Bertz CT molecular complexity index is 880. The number of amides is 1. The van der Waals surface area contributed by atoms with Crippen LogP contribution in [-0.2, 0) is 11.0 Å². The van der Waals surface area contributed by atoms with Gasteiger partial charge in [0.25, 0.3) is 0 Å². The second kappa shape index (κ2) is 6.78. The Hall–Kier alpha value is -2.13. The lowest BCUT2D eigenvalue weighted by molar-refractivity contribution is -0.137. The molecule has 0 aliphatic carbocycles. The van der Waals surface area contributed by atoms with Gasteiger partial charge in [-0.15, -0.1) is 11.8 Å². The molecule has 0 saturated carbocycles. The Labute approximate surface area is 143 Å². The van der Waals surface area contributed by atoms with E-state index in [2.05, 4.69) is 14.1 Å². The van der Waals surface area contributed by atoms with Crippen LogP contribution in [0.25, 0.3) is 11.0 Å². The highest BCUT2D eigenvalue weighted by Crippen LogP contribution is 2.32. The van der Waals surface area contributed by atoms with Gasteiger partial charge < -0.3 is 5.32 Å². The number of nitrogens with zero attached hydrogens (tertiary/aromatic N) is 2. The Morgan fingerprint density at radius 3 is 2.75 bits per heavy atom. The summed E-state index contributed by atoms with van der Waals surface area (Å²) in [5, 5.41) is 2.71. The number of thioether (sulfide) groups is 1. The quantitative estimate of drug-likeness (QED) is 0.691. The molecule has 1 N–H and O–H groups in total. The largest absolute Gasteiger partial charge is 0.416 e. The fourth-order valence-electron chi connectivity index (χ4n) is 2.00. The molecule has 0 radical (unpaired) electrons. The van der Waals surface area contributed by atoms with Gasteiger partial charge in [-0.3, -0.25) is 4.79 Å². The minimum Gasteiger partial charge on any atom is -0.323 e. The molecule has 0 bridgehead atoms. The van der Waals surface area contributed by atoms with Crippen molar-refractivity contribution in [3.63, 3.8) is 0 Å². The molecule has 0 aliphatic rings. The highest BCUT2D eigenvalue weighted by atomic mass is 32.2. The van der Waals surface area contributed by atoms with Gasteiger partial charge in [0, 0.05) is 4.90 Å². The van der Waals surface area contributed by atoms with Crippen LogP contribution in [0.4, 0.5) is 18.9 Å². The summed E-state index contributed by atoms with van der Waals surface area (Å²) in [7, 11) is 0. The maximum absolute atomic E-state index is 12.7. The Morgan fingerprint density at radius 2 is 1.96 bits per heavy atom. The summed E-state index contributed by atoms with van der Waals surface area (Å²) in [5.41, 5.74) is 1.09. The van der Waals surface area contributed by atoms with Crippen LogP contribution in [0.3, 0.4) is 0 Å². The van der Waals surface area contributed by atoms with Crippen LogP contribution in [0.2, 0.25) is 0 Å². The van der Waals surface area contributed by atoms with Gasteiger partial charge in [0.15, 0.2) is 0 Å². The maximum Gasteiger partial charge on any atom is 0.416 e. The summed E-state index contributed by atoms with van der Waals surface area (Å²) in [6.45, 7) is 0. The van der Waals surface area contributed by atoms with Gasteiger partial charge in [0.05, 0.1) is 28.7 Å². The smallest absolute Gasteiger partial charge is 0.323 e. The number of anilines is 1. The zero-order valence-electron chi connectivity index (χ0n) is 12.0. The number of alkyl halides is 3. The second-order valence-electron chi connectivity index (χ2n) is 4.80. The third-order valence-electron chi connectivity index (χ3n) is 3.09. The molecule has 0 unspecified atom stereocenters. The predicted molar refractivity (Wildman–Crippen MR) is 88.2 cm³/mol. The number of benzene rings is 2. The highest BCUT2D eigenvalue weighted by Gasteiger charge is 2.30. The highest BCUT2D eigenvalue weighted by molar-refractivity contribution is 8.00. The molecule has 4 nitrogen and oxygen atoms in total. The molecule has 124 valence electrons. The Morgan fingerprint density at radius 1 is 1.17 bits per heavy atom. The van der Waals surface area contributed by atoms with Crippen molar-refractivity contribution in [1.82, 2.24) is 8.75 Å². The zero-order chi connectivity index (χ0) is 17.2. The van der Waals surface area contributed by atoms with E-state index in [1.54, 1.807) is 18.2 Å². The fraction of sp³-hybridized carbons (Fsp3) is 0.133. The molecule has 3 rings (SSSR count). The lowest BCUT2D eigenvalue weighted by Crippen LogP contribution is -2.14. The number of hydrogen-bond donors (Lipinski definition) is 1. The first-order valence-corrected chi connectivity index (χ1v) is 8.46. The summed E-state index contributed by atoms with van der Waals surface area (Å²) in [4.78, 5) is 12.4. The molecule has 9 heteroatoms. The summed E-state index contributed by atoms with van der Waals surface area (Å²) in [5.74, 6) is -0.326. The van der Waals surface area contributed by atoms with E-state index in [4.69, 9.17) is 0 Å². The zero-order valence-corrected chi connectivity index (χ0v) is 13.6. The summed E-state index contributed by atoms with van der Waals surface area (Å²) >= 11 is 2.09. The van der Waals surface area contributed by atoms with Crippen molar-refractivity contribution in [2.24, 2.45) is 0 Å². The molecule has 0 atom stereocenters. The minimum atomic E-state index is -4.40. The van der Waals surface area contributed by atoms with Crippen molar-refractivity contribution in [3.05, 3.63) is 48.0 Å². The third-order valence-corrected chi connectivity index (χ3v) is 4.63. The molecule has 0 aliphatic heterocycles. The Kier molecular flexibility index (Phi) is 4.72. The van der Waals surface area contributed by atoms with Crippen molar-refractivity contribution in [2.75, 3.05) is 11.1 Å². The molecule has 1 aromatic heterocycles. The average Bonchev–Trinajstić information content (AvgIpc) is 3.02. The van der Waals surface area contributed by atoms with Crippen LogP contribution in [0.15, 0.2) is 47.4 Å². The van der Waals surface area contributed by atoms with E-state index < -0.39 is 11.7 Å². The minimum absolute atomic E-state index is 0.00470. The van der Waals surface area contributed by atoms with Crippen LogP contribution < -0.4 is 5.32 Å². The first kappa shape index (κ1) is 16.7. The number of nitrogens with one attached hydrogen (secondary N) is 1. The molecular weight excluding hydrogens is 359 g/mol. The van der Waals surface area contributed by atoms with Crippen molar-refractivity contribution in [1.29, 1.82) is 0 Å². The number of hydrogen-bond acceptors (Lipinski definition) is 5. The van der Waals surface area contributed by atoms with Gasteiger partial charge in [-0.2, -0.15) is 21.9 Å². The number of rotatable bonds is 4. The van der Waals surface area contributed by atoms with Gasteiger partial charge >= 0.3 is 6.18 Å². The number of carbonyl (C=O) groups is 1. The second-order valence-corrected chi connectivity index (χ2v) is 6.38. The lowest BCUT2D eigenvalue weighted by Gasteiger charge is -2.09. The number of carbonyl (C=O) groups excluding carboxylic acids is 1. The van der Waals surface area contributed by atoms with Crippen LogP contribution in [0.1, 0.15) is 5.56 Å². The summed E-state index contributed by atoms with van der Waals surface area (Å²) in [6, 6.07) is 10.1.